The highest BCUT2D eigenvalue weighted by atomic mass is 19.4. The number of rotatable bonds is 4. The molecule has 20 heavy (non-hydrogen) atoms. The zero-order valence-electron chi connectivity index (χ0n) is 9.36. The Morgan fingerprint density at radius 1 is 0.450 bits per heavy atom. The largest absolute Gasteiger partial charge is 0.394 e. The molecule has 124 valence electrons. The van der Waals surface area contributed by atoms with Gasteiger partial charge in [0.05, 0.1) is 0 Å². The molecule has 0 fully saturated rings. The Balaban J connectivity index is 0. The fourth-order valence-electron chi connectivity index (χ4n) is 0.681. The molecule has 0 aromatic rings. The quantitative estimate of drug-likeness (QED) is 0.629. The molecule has 0 nitrogen and oxygen atoms in total. The smallest absolute Gasteiger partial charge is 0.244 e. The first-order chi connectivity index (χ1) is 8.54. The minimum Gasteiger partial charge on any atom is -0.244 e. The Bertz CT molecular complexity index is 234. The van der Waals surface area contributed by atoms with E-state index in [1.807, 2.05) is 0 Å². The maximum absolute atomic E-state index is 11.6. The summed E-state index contributed by atoms with van der Waals surface area (Å²) < 4.78 is 135. The summed E-state index contributed by atoms with van der Waals surface area (Å²) in [7, 11) is 0. The Hall–Kier alpha value is -0.840. The molecular weight excluding hydrogens is 324 g/mol. The van der Waals surface area contributed by atoms with Gasteiger partial charge in [0.2, 0.25) is 0 Å². The van der Waals surface area contributed by atoms with Crippen LogP contribution < -0.4 is 0 Å². The summed E-state index contributed by atoms with van der Waals surface area (Å²) in [6.07, 6.45) is -14.8. The van der Waals surface area contributed by atoms with E-state index < -0.39 is 50.4 Å². The average molecular weight is 332 g/mol. The number of hydrogen-bond acceptors (Lipinski definition) is 0. The molecule has 0 saturated heterocycles. The summed E-state index contributed by atoms with van der Waals surface area (Å²) in [6.45, 7) is -4.54. The molecule has 0 rings (SSSR count). The number of alkyl halides is 12. The van der Waals surface area contributed by atoms with Gasteiger partial charge in [-0.1, -0.05) is 0 Å². The molecule has 12 heteroatoms. The normalized spacial score (nSPS) is 13.8. The average Bonchev–Trinajstić information content (AvgIpc) is 2.11. The third-order valence-electron chi connectivity index (χ3n) is 1.31. The molecule has 0 aliphatic rings. The lowest BCUT2D eigenvalue weighted by Crippen LogP contribution is -2.27. The van der Waals surface area contributed by atoms with Crippen molar-refractivity contribution in [3.8, 4) is 0 Å². The first kappa shape index (κ1) is 21.5. The van der Waals surface area contributed by atoms with Gasteiger partial charge in [0, 0.05) is 0 Å². The molecule has 0 heterocycles. The lowest BCUT2D eigenvalue weighted by atomic mass is 10.2. The Morgan fingerprint density at radius 3 is 0.700 bits per heavy atom. The lowest BCUT2D eigenvalue weighted by Gasteiger charge is -2.13. The molecule has 0 aromatic carbocycles. The summed E-state index contributed by atoms with van der Waals surface area (Å²) in [5.74, 6) is -8.53. The van der Waals surface area contributed by atoms with Gasteiger partial charge >= 0.3 is 12.4 Å². The van der Waals surface area contributed by atoms with E-state index in [0.29, 0.717) is 0 Å². The third-order valence-corrected chi connectivity index (χ3v) is 1.31. The van der Waals surface area contributed by atoms with Gasteiger partial charge in [-0.2, -0.15) is 26.3 Å². The second kappa shape index (κ2) is 7.25. The molecule has 0 spiro atoms. The van der Waals surface area contributed by atoms with Gasteiger partial charge in [-0.15, -0.1) is 0 Å². The third kappa shape index (κ3) is 15.2. The van der Waals surface area contributed by atoms with Crippen molar-refractivity contribution in [1.29, 1.82) is 0 Å². The van der Waals surface area contributed by atoms with Crippen molar-refractivity contribution in [2.75, 3.05) is 13.3 Å². The SMILES string of the molecule is FCC(F)(F)CC(F)(F)F.FCC(F)(F)CC(F)(F)F. The van der Waals surface area contributed by atoms with Crippen LogP contribution in [0.3, 0.4) is 0 Å². The molecule has 0 aromatic heterocycles. The van der Waals surface area contributed by atoms with Crippen LogP contribution in [-0.2, 0) is 0 Å². The summed E-state index contributed by atoms with van der Waals surface area (Å²) >= 11 is 0. The summed E-state index contributed by atoms with van der Waals surface area (Å²) in [6, 6.07) is 0. The van der Waals surface area contributed by atoms with Crippen LogP contribution >= 0.6 is 0 Å². The van der Waals surface area contributed by atoms with Crippen LogP contribution in [0.25, 0.3) is 0 Å². The van der Waals surface area contributed by atoms with Crippen LogP contribution in [0.15, 0.2) is 0 Å². The maximum atomic E-state index is 11.6. The molecule has 0 saturated carbocycles. The standard InChI is InChI=1S/2C4H4F6/c2*5-2-3(6,7)1-4(8,9)10/h2*1-2H2. The molecule has 0 aliphatic carbocycles. The highest BCUT2D eigenvalue weighted by Crippen LogP contribution is 2.32. The summed E-state index contributed by atoms with van der Waals surface area (Å²) in [5, 5.41) is 0. The fraction of sp³-hybridized carbons (Fsp3) is 1.00. The van der Waals surface area contributed by atoms with Crippen LogP contribution in [0.4, 0.5) is 52.7 Å². The summed E-state index contributed by atoms with van der Waals surface area (Å²) in [5.41, 5.74) is 0. The monoisotopic (exact) mass is 332 g/mol. The minimum absolute atomic E-state index is 2.27. The van der Waals surface area contributed by atoms with E-state index in [0.717, 1.165) is 0 Å². The highest BCUT2D eigenvalue weighted by molar-refractivity contribution is 4.69. The summed E-state index contributed by atoms with van der Waals surface area (Å²) in [4.78, 5) is 0. The van der Waals surface area contributed by atoms with E-state index in [2.05, 4.69) is 0 Å². The van der Waals surface area contributed by atoms with E-state index in [1.165, 1.54) is 0 Å². The fourth-order valence-corrected chi connectivity index (χ4v) is 0.681. The maximum Gasteiger partial charge on any atom is 0.394 e. The molecule has 0 amide bonds. The molecule has 0 aliphatic heterocycles. The van der Waals surface area contributed by atoms with Gasteiger partial charge in [-0.05, 0) is 0 Å². The number of halogens is 12. The second-order valence-corrected chi connectivity index (χ2v) is 3.56. The van der Waals surface area contributed by atoms with Crippen molar-refractivity contribution in [2.24, 2.45) is 0 Å². The van der Waals surface area contributed by atoms with Crippen LogP contribution in [0.5, 0.6) is 0 Å². The first-order valence-corrected chi connectivity index (χ1v) is 4.55. The van der Waals surface area contributed by atoms with E-state index in [1.54, 1.807) is 0 Å². The first-order valence-electron chi connectivity index (χ1n) is 4.55. The van der Waals surface area contributed by atoms with Crippen molar-refractivity contribution in [2.45, 2.75) is 37.0 Å². The predicted molar refractivity (Wildman–Crippen MR) is 43.2 cm³/mol. The molecular formula is C8H8F12. The Kier molecular flexibility index (Phi) is 7.78. The molecule has 0 bridgehead atoms. The van der Waals surface area contributed by atoms with Crippen molar-refractivity contribution < 1.29 is 52.7 Å². The van der Waals surface area contributed by atoms with Gasteiger partial charge in [0.15, 0.2) is 13.3 Å². The molecule has 0 N–H and O–H groups in total. The zero-order chi connectivity index (χ0) is 16.8. The number of hydrogen-bond donors (Lipinski definition) is 0. The van der Waals surface area contributed by atoms with Gasteiger partial charge in [-0.3, -0.25) is 0 Å². The van der Waals surface area contributed by atoms with Gasteiger partial charge in [0.1, 0.15) is 12.8 Å². The topological polar surface area (TPSA) is 0 Å². The van der Waals surface area contributed by atoms with Crippen LogP contribution in [0.2, 0.25) is 0 Å². The van der Waals surface area contributed by atoms with E-state index in [4.69, 9.17) is 0 Å². The Morgan fingerprint density at radius 2 is 0.650 bits per heavy atom. The van der Waals surface area contributed by atoms with Crippen LogP contribution in [0.1, 0.15) is 12.8 Å². The van der Waals surface area contributed by atoms with E-state index in [-0.39, 0.29) is 0 Å². The van der Waals surface area contributed by atoms with Crippen molar-refractivity contribution in [3.05, 3.63) is 0 Å². The van der Waals surface area contributed by atoms with Gasteiger partial charge in [-0.25, -0.2) is 26.3 Å². The van der Waals surface area contributed by atoms with E-state index >= 15 is 0 Å². The van der Waals surface area contributed by atoms with Crippen molar-refractivity contribution in [3.63, 3.8) is 0 Å². The minimum atomic E-state index is -5.00. The molecule has 0 unspecified atom stereocenters. The zero-order valence-corrected chi connectivity index (χ0v) is 9.36. The van der Waals surface area contributed by atoms with Gasteiger partial charge in [0.25, 0.3) is 11.8 Å². The lowest BCUT2D eigenvalue weighted by molar-refractivity contribution is -0.192. The highest BCUT2D eigenvalue weighted by Gasteiger charge is 2.44. The predicted octanol–water partition coefficient (Wildman–Crippen LogP) is 5.09. The van der Waals surface area contributed by atoms with E-state index in [9.17, 15) is 52.7 Å². The van der Waals surface area contributed by atoms with Gasteiger partial charge < -0.3 is 0 Å². The van der Waals surface area contributed by atoms with Crippen molar-refractivity contribution in [1.82, 2.24) is 0 Å². The van der Waals surface area contributed by atoms with Crippen LogP contribution in [-0.4, -0.2) is 37.5 Å². The second-order valence-electron chi connectivity index (χ2n) is 3.56. The Labute approximate surface area is 104 Å². The van der Waals surface area contributed by atoms with Crippen LogP contribution in [0, 0.1) is 0 Å². The van der Waals surface area contributed by atoms with Crippen molar-refractivity contribution >= 4 is 0 Å². The molecule has 0 atom stereocenters. The molecule has 0 radical (unpaired) electrons.